The number of carbonyl (C=O) groups is 2. The van der Waals surface area contributed by atoms with Gasteiger partial charge < -0.3 is 4.74 Å². The molecule has 0 aromatic heterocycles. The number of nitrogens with zero attached hydrogens (tertiary/aromatic N) is 1. The first kappa shape index (κ1) is 13.6. The monoisotopic (exact) mass is 261 g/mol. The molecule has 0 spiro atoms. The van der Waals surface area contributed by atoms with Crippen LogP contribution in [-0.4, -0.2) is 29.9 Å². The number of ether oxygens (including phenoxy) is 1. The molecule has 1 aliphatic heterocycles. The van der Waals surface area contributed by atoms with Crippen LogP contribution in [0.5, 0.6) is 0 Å². The summed E-state index contributed by atoms with van der Waals surface area (Å²) in [5.74, 6) is 0.0618. The van der Waals surface area contributed by atoms with E-state index in [1.54, 1.807) is 0 Å². The minimum absolute atomic E-state index is 0.0618. The van der Waals surface area contributed by atoms with Crippen molar-refractivity contribution < 1.29 is 14.3 Å². The third-order valence-corrected chi connectivity index (χ3v) is 3.34. The number of carbonyl (C=O) groups excluding carboxylic acids is 2. The summed E-state index contributed by atoms with van der Waals surface area (Å²) in [6, 6.07) is 8.97. The molecule has 4 nitrogen and oxygen atoms in total. The first-order valence-corrected chi connectivity index (χ1v) is 6.33. The lowest BCUT2D eigenvalue weighted by Crippen LogP contribution is -2.29. The van der Waals surface area contributed by atoms with Crippen molar-refractivity contribution in [2.24, 2.45) is 5.41 Å². The van der Waals surface area contributed by atoms with Gasteiger partial charge in [-0.2, -0.15) is 0 Å². The normalized spacial score (nSPS) is 22.0. The van der Waals surface area contributed by atoms with Crippen molar-refractivity contribution in [3.63, 3.8) is 0 Å². The first-order chi connectivity index (χ1) is 8.88. The molecule has 1 aromatic rings. The van der Waals surface area contributed by atoms with Crippen molar-refractivity contribution in [1.29, 1.82) is 0 Å². The predicted octanol–water partition coefficient (Wildman–Crippen LogP) is 2.79. The van der Waals surface area contributed by atoms with Gasteiger partial charge in [0.25, 0.3) is 0 Å². The highest BCUT2D eigenvalue weighted by Gasteiger charge is 2.58. The van der Waals surface area contributed by atoms with Crippen LogP contribution in [0.2, 0.25) is 0 Å². The number of ketones is 1. The Morgan fingerprint density at radius 2 is 1.74 bits per heavy atom. The summed E-state index contributed by atoms with van der Waals surface area (Å²) in [6.45, 7) is 5.60. The first-order valence-electron chi connectivity index (χ1n) is 6.33. The molecule has 19 heavy (non-hydrogen) atoms. The molecule has 2 rings (SSSR count). The molecular weight excluding hydrogens is 242 g/mol. The molecule has 1 aromatic carbocycles. The summed E-state index contributed by atoms with van der Waals surface area (Å²) >= 11 is 0. The Labute approximate surface area is 113 Å². The molecule has 1 saturated heterocycles. The van der Waals surface area contributed by atoms with Crippen molar-refractivity contribution in [3.8, 4) is 0 Å². The predicted molar refractivity (Wildman–Crippen MR) is 71.7 cm³/mol. The Hall–Kier alpha value is -1.84. The van der Waals surface area contributed by atoms with Crippen molar-refractivity contribution >= 4 is 11.9 Å². The lowest BCUT2D eigenvalue weighted by Gasteiger charge is -2.15. The quantitative estimate of drug-likeness (QED) is 0.769. The number of benzene rings is 1. The number of amides is 1. The summed E-state index contributed by atoms with van der Waals surface area (Å²) < 4.78 is 4.75. The van der Waals surface area contributed by atoms with Gasteiger partial charge in [-0.3, -0.25) is 9.69 Å². The number of hydrogen-bond acceptors (Lipinski definition) is 3. The molecule has 4 heteroatoms. The van der Waals surface area contributed by atoms with Crippen LogP contribution in [0.1, 0.15) is 32.4 Å². The van der Waals surface area contributed by atoms with Gasteiger partial charge in [0, 0.05) is 5.41 Å². The maximum atomic E-state index is 12.4. The summed E-state index contributed by atoms with van der Waals surface area (Å²) in [5.41, 5.74) is 0.496. The topological polar surface area (TPSA) is 46.4 Å². The third kappa shape index (κ3) is 2.48. The van der Waals surface area contributed by atoms with E-state index in [0.29, 0.717) is 0 Å². The lowest BCUT2D eigenvalue weighted by molar-refractivity contribution is -0.126. The lowest BCUT2D eigenvalue weighted by atomic mass is 9.87. The van der Waals surface area contributed by atoms with Gasteiger partial charge >= 0.3 is 6.09 Å². The third-order valence-electron chi connectivity index (χ3n) is 3.34. The smallest absolute Gasteiger partial charge is 0.410 e. The van der Waals surface area contributed by atoms with Crippen LogP contribution in [0.25, 0.3) is 0 Å². The maximum Gasteiger partial charge on any atom is 0.410 e. The summed E-state index contributed by atoms with van der Waals surface area (Å²) in [6.07, 6.45) is -0.448. The molecule has 102 valence electrons. The van der Waals surface area contributed by atoms with Gasteiger partial charge in [-0.05, 0) is 5.56 Å². The van der Waals surface area contributed by atoms with E-state index < -0.39 is 17.6 Å². The highest BCUT2D eigenvalue weighted by molar-refractivity contribution is 5.96. The van der Waals surface area contributed by atoms with E-state index in [2.05, 4.69) is 0 Å². The van der Waals surface area contributed by atoms with Gasteiger partial charge in [0.05, 0.1) is 13.2 Å². The van der Waals surface area contributed by atoms with Crippen LogP contribution >= 0.6 is 0 Å². The van der Waals surface area contributed by atoms with E-state index >= 15 is 0 Å². The number of hydrogen-bond donors (Lipinski definition) is 0. The second kappa shape index (κ2) is 4.68. The minimum Gasteiger partial charge on any atom is -0.453 e. The van der Waals surface area contributed by atoms with Crippen LogP contribution in [0.15, 0.2) is 30.3 Å². The zero-order valence-corrected chi connectivity index (χ0v) is 11.7. The molecule has 0 N–H and O–H groups in total. The Kier molecular flexibility index (Phi) is 3.35. The summed E-state index contributed by atoms with van der Waals surface area (Å²) in [5, 5.41) is 0. The van der Waals surface area contributed by atoms with E-state index in [-0.39, 0.29) is 11.8 Å². The molecule has 1 amide bonds. The number of methoxy groups -OCH3 is 1. The van der Waals surface area contributed by atoms with Crippen molar-refractivity contribution in [2.45, 2.75) is 32.9 Å². The molecule has 0 bridgehead atoms. The second-order valence-electron chi connectivity index (χ2n) is 5.79. The van der Waals surface area contributed by atoms with E-state index in [9.17, 15) is 9.59 Å². The molecule has 2 atom stereocenters. The molecular formula is C15H19NO3. The fourth-order valence-corrected chi connectivity index (χ4v) is 2.27. The highest BCUT2D eigenvalue weighted by Crippen LogP contribution is 2.46. The highest BCUT2D eigenvalue weighted by atomic mass is 16.5. The molecule has 0 radical (unpaired) electrons. The van der Waals surface area contributed by atoms with Crippen molar-refractivity contribution in [1.82, 2.24) is 4.90 Å². The standard InChI is InChI=1S/C15H19NO3/c1-15(2,3)13(17)12-11(16(12)14(18)19-4)10-8-6-5-7-9-10/h5-9,11-12H,1-4H3. The van der Waals surface area contributed by atoms with Crippen LogP contribution in [-0.2, 0) is 9.53 Å². The van der Waals surface area contributed by atoms with E-state index in [1.807, 2.05) is 51.1 Å². The Balaban J connectivity index is 2.27. The molecule has 0 aliphatic carbocycles. The van der Waals surface area contributed by atoms with Crippen LogP contribution in [0.3, 0.4) is 0 Å². The van der Waals surface area contributed by atoms with Gasteiger partial charge in [-0.15, -0.1) is 0 Å². The van der Waals surface area contributed by atoms with Crippen molar-refractivity contribution in [2.75, 3.05) is 7.11 Å². The summed E-state index contributed by atoms with van der Waals surface area (Å²) in [4.78, 5) is 25.6. The summed E-state index contributed by atoms with van der Waals surface area (Å²) in [7, 11) is 1.33. The van der Waals surface area contributed by atoms with Crippen LogP contribution in [0, 0.1) is 5.41 Å². The Morgan fingerprint density at radius 3 is 2.21 bits per heavy atom. The Bertz CT molecular complexity index is 490. The average Bonchev–Trinajstić information content (AvgIpc) is 3.12. The van der Waals surface area contributed by atoms with Crippen LogP contribution in [0.4, 0.5) is 4.79 Å². The minimum atomic E-state index is -0.472. The molecule has 1 heterocycles. The van der Waals surface area contributed by atoms with E-state index in [4.69, 9.17) is 4.74 Å². The fourth-order valence-electron chi connectivity index (χ4n) is 2.27. The van der Waals surface area contributed by atoms with E-state index in [1.165, 1.54) is 12.0 Å². The van der Waals surface area contributed by atoms with Crippen LogP contribution < -0.4 is 0 Å². The number of rotatable bonds is 2. The van der Waals surface area contributed by atoms with Gasteiger partial charge in [-0.1, -0.05) is 51.1 Å². The van der Waals surface area contributed by atoms with Gasteiger partial charge in [0.15, 0.2) is 5.78 Å². The van der Waals surface area contributed by atoms with E-state index in [0.717, 1.165) is 5.56 Å². The van der Waals surface area contributed by atoms with Crippen molar-refractivity contribution in [3.05, 3.63) is 35.9 Å². The molecule has 0 saturated carbocycles. The van der Waals surface area contributed by atoms with Gasteiger partial charge in [0.1, 0.15) is 6.04 Å². The van der Waals surface area contributed by atoms with Gasteiger partial charge in [-0.25, -0.2) is 4.79 Å². The molecule has 1 fully saturated rings. The molecule has 1 aliphatic rings. The maximum absolute atomic E-state index is 12.4. The zero-order chi connectivity index (χ0) is 14.2. The number of Topliss-reactive ketones (excluding diaryl/α,β-unsaturated/α-hetero) is 1. The SMILES string of the molecule is COC(=O)N1C(C(=O)C(C)(C)C)C1c1ccccc1. The average molecular weight is 261 g/mol. The molecule has 2 unspecified atom stereocenters. The van der Waals surface area contributed by atoms with Gasteiger partial charge in [0.2, 0.25) is 0 Å². The second-order valence-corrected chi connectivity index (χ2v) is 5.79. The Morgan fingerprint density at radius 1 is 1.16 bits per heavy atom. The fraction of sp³-hybridized carbons (Fsp3) is 0.467. The largest absolute Gasteiger partial charge is 0.453 e. The zero-order valence-electron chi connectivity index (χ0n) is 11.7.